The van der Waals surface area contributed by atoms with E-state index in [1.165, 1.54) is 36.5 Å². The molecule has 4 heteroatoms. The maximum Gasteiger partial charge on any atom is 0.250 e. The Bertz CT molecular complexity index is 841. The Kier molecular flexibility index (Phi) is 3.66. The Balaban J connectivity index is 1.57. The van der Waals surface area contributed by atoms with Crippen LogP contribution < -0.4 is 0 Å². The number of benzene rings is 2. The largest absolute Gasteiger partial charge is 0.420 e. The molecule has 1 aliphatic carbocycles. The van der Waals surface area contributed by atoms with Gasteiger partial charge in [-0.2, -0.15) is 0 Å². The quantitative estimate of drug-likeness (QED) is 0.722. The number of halogens is 1. The minimum Gasteiger partial charge on any atom is -0.420 e. The summed E-state index contributed by atoms with van der Waals surface area (Å²) in [6.45, 7) is 0. The van der Waals surface area contributed by atoms with Crippen LogP contribution >= 0.6 is 0 Å². The maximum atomic E-state index is 13.8. The van der Waals surface area contributed by atoms with E-state index in [2.05, 4.69) is 28.4 Å². The Labute approximate surface area is 134 Å². The number of aromatic nitrogens is 2. The van der Waals surface area contributed by atoms with E-state index in [0.717, 1.165) is 12.0 Å². The molecule has 0 N–H and O–H groups in total. The third-order valence-electron chi connectivity index (χ3n) is 4.34. The second-order valence-electron chi connectivity index (χ2n) is 5.97. The summed E-state index contributed by atoms with van der Waals surface area (Å²) < 4.78 is 19.4. The number of rotatable bonds is 3. The minimum absolute atomic E-state index is 0.232. The molecule has 2 aromatic carbocycles. The third-order valence-corrected chi connectivity index (χ3v) is 4.34. The molecule has 0 radical (unpaired) electrons. The van der Waals surface area contributed by atoms with E-state index in [4.69, 9.17) is 4.42 Å². The van der Waals surface area contributed by atoms with Crippen molar-refractivity contribution in [1.29, 1.82) is 0 Å². The molecular weight excluding hydrogens is 291 g/mol. The first-order valence-corrected chi connectivity index (χ1v) is 7.97. The first-order chi connectivity index (χ1) is 11.3. The van der Waals surface area contributed by atoms with Crippen LogP contribution in [0.1, 0.15) is 35.4 Å². The predicted octanol–water partition coefficient (Wildman–Crippen LogP) is 4.35. The molecule has 0 amide bonds. The third kappa shape index (κ3) is 2.89. The Morgan fingerprint density at radius 2 is 1.78 bits per heavy atom. The van der Waals surface area contributed by atoms with Gasteiger partial charge in [-0.15, -0.1) is 10.2 Å². The van der Waals surface area contributed by atoms with Crippen molar-refractivity contribution >= 4 is 0 Å². The van der Waals surface area contributed by atoms with Gasteiger partial charge in [0.15, 0.2) is 0 Å². The highest BCUT2D eigenvalue weighted by Gasteiger charge is 2.14. The molecule has 0 saturated carbocycles. The number of aryl methyl sites for hydroxylation is 2. The highest BCUT2D eigenvalue weighted by Crippen LogP contribution is 2.25. The van der Waals surface area contributed by atoms with Crippen molar-refractivity contribution in [3.05, 3.63) is 70.9 Å². The molecular formula is C19H17FN2O. The van der Waals surface area contributed by atoms with Crippen LogP contribution in [-0.2, 0) is 19.3 Å². The molecule has 116 valence electrons. The SMILES string of the molecule is Fc1ccccc1-c1nnc(Cc2ccc3c(c2)CCCC3)o1. The van der Waals surface area contributed by atoms with Crippen molar-refractivity contribution in [3.63, 3.8) is 0 Å². The van der Waals surface area contributed by atoms with Crippen LogP contribution in [0.5, 0.6) is 0 Å². The molecule has 1 aliphatic rings. The summed E-state index contributed by atoms with van der Waals surface area (Å²) in [6.07, 6.45) is 5.44. The molecule has 0 saturated heterocycles. The van der Waals surface area contributed by atoms with Gasteiger partial charge in [0, 0.05) is 0 Å². The van der Waals surface area contributed by atoms with Gasteiger partial charge in [-0.1, -0.05) is 30.3 Å². The Morgan fingerprint density at radius 3 is 2.65 bits per heavy atom. The van der Waals surface area contributed by atoms with Crippen molar-refractivity contribution in [2.45, 2.75) is 32.1 Å². The molecule has 0 fully saturated rings. The zero-order valence-electron chi connectivity index (χ0n) is 12.8. The highest BCUT2D eigenvalue weighted by molar-refractivity contribution is 5.53. The van der Waals surface area contributed by atoms with Crippen molar-refractivity contribution < 1.29 is 8.81 Å². The lowest BCUT2D eigenvalue weighted by Crippen LogP contribution is -2.03. The molecule has 3 aromatic rings. The molecule has 0 aliphatic heterocycles. The molecule has 0 atom stereocenters. The van der Waals surface area contributed by atoms with Gasteiger partial charge in [0.2, 0.25) is 5.89 Å². The van der Waals surface area contributed by atoms with Crippen molar-refractivity contribution in [1.82, 2.24) is 10.2 Å². The van der Waals surface area contributed by atoms with E-state index >= 15 is 0 Å². The topological polar surface area (TPSA) is 38.9 Å². The van der Waals surface area contributed by atoms with Gasteiger partial charge in [-0.3, -0.25) is 0 Å². The second kappa shape index (κ2) is 5.95. The fourth-order valence-corrected chi connectivity index (χ4v) is 3.14. The maximum absolute atomic E-state index is 13.8. The van der Waals surface area contributed by atoms with E-state index in [0.29, 0.717) is 17.9 Å². The summed E-state index contributed by atoms with van der Waals surface area (Å²) in [5, 5.41) is 8.03. The van der Waals surface area contributed by atoms with E-state index in [1.807, 2.05) is 0 Å². The number of hydrogen-bond acceptors (Lipinski definition) is 3. The van der Waals surface area contributed by atoms with Gasteiger partial charge in [0.25, 0.3) is 5.89 Å². The second-order valence-corrected chi connectivity index (χ2v) is 5.97. The number of nitrogens with zero attached hydrogens (tertiary/aromatic N) is 2. The summed E-state index contributed by atoms with van der Waals surface area (Å²) >= 11 is 0. The van der Waals surface area contributed by atoms with Crippen LogP contribution in [0.2, 0.25) is 0 Å². The zero-order chi connectivity index (χ0) is 15.6. The first-order valence-electron chi connectivity index (χ1n) is 7.97. The van der Waals surface area contributed by atoms with Crippen LogP contribution in [-0.4, -0.2) is 10.2 Å². The van der Waals surface area contributed by atoms with Crippen LogP contribution in [0.25, 0.3) is 11.5 Å². The van der Waals surface area contributed by atoms with Gasteiger partial charge in [0.05, 0.1) is 12.0 Å². The Hall–Kier alpha value is -2.49. The van der Waals surface area contributed by atoms with E-state index < -0.39 is 0 Å². The van der Waals surface area contributed by atoms with E-state index in [-0.39, 0.29) is 11.7 Å². The molecule has 4 rings (SSSR count). The molecule has 1 aromatic heterocycles. The molecule has 0 bridgehead atoms. The highest BCUT2D eigenvalue weighted by atomic mass is 19.1. The van der Waals surface area contributed by atoms with Crippen molar-refractivity contribution in [2.24, 2.45) is 0 Å². The lowest BCUT2D eigenvalue weighted by Gasteiger charge is -2.16. The number of fused-ring (bicyclic) bond motifs is 1. The fourth-order valence-electron chi connectivity index (χ4n) is 3.14. The van der Waals surface area contributed by atoms with Crippen LogP contribution in [0, 0.1) is 5.82 Å². The summed E-state index contributed by atoms with van der Waals surface area (Å²) in [6, 6.07) is 13.0. The Morgan fingerprint density at radius 1 is 0.957 bits per heavy atom. The summed E-state index contributed by atoms with van der Waals surface area (Å²) in [4.78, 5) is 0. The monoisotopic (exact) mass is 308 g/mol. The molecule has 1 heterocycles. The van der Waals surface area contributed by atoms with Crippen LogP contribution in [0.15, 0.2) is 46.9 Å². The minimum atomic E-state index is -0.350. The lowest BCUT2D eigenvalue weighted by atomic mass is 9.90. The molecule has 0 spiro atoms. The predicted molar refractivity (Wildman–Crippen MR) is 85.6 cm³/mol. The van der Waals surface area contributed by atoms with E-state index in [9.17, 15) is 4.39 Å². The number of hydrogen-bond donors (Lipinski definition) is 0. The summed E-state index contributed by atoms with van der Waals surface area (Å²) in [5.74, 6) is 0.395. The van der Waals surface area contributed by atoms with Crippen molar-refractivity contribution in [2.75, 3.05) is 0 Å². The zero-order valence-corrected chi connectivity index (χ0v) is 12.8. The van der Waals surface area contributed by atoms with Gasteiger partial charge in [-0.05, 0) is 54.5 Å². The normalized spacial score (nSPS) is 13.8. The standard InChI is InChI=1S/C19H17FN2O/c20-17-8-4-3-7-16(17)19-22-21-18(23-19)12-13-9-10-14-5-1-2-6-15(14)11-13/h3-4,7-11H,1-2,5-6,12H2. The van der Waals surface area contributed by atoms with Crippen LogP contribution in [0.3, 0.4) is 0 Å². The summed E-state index contributed by atoms with van der Waals surface area (Å²) in [7, 11) is 0. The van der Waals surface area contributed by atoms with Gasteiger partial charge in [-0.25, -0.2) is 4.39 Å². The molecule has 23 heavy (non-hydrogen) atoms. The van der Waals surface area contributed by atoms with Crippen molar-refractivity contribution in [3.8, 4) is 11.5 Å². The molecule has 0 unspecified atom stereocenters. The molecule has 3 nitrogen and oxygen atoms in total. The average molecular weight is 308 g/mol. The smallest absolute Gasteiger partial charge is 0.250 e. The fraction of sp³-hybridized carbons (Fsp3) is 0.263. The van der Waals surface area contributed by atoms with E-state index in [1.54, 1.807) is 18.2 Å². The van der Waals surface area contributed by atoms with Gasteiger partial charge in [0.1, 0.15) is 5.82 Å². The summed E-state index contributed by atoms with van der Waals surface area (Å²) in [5.41, 5.74) is 4.39. The van der Waals surface area contributed by atoms with Gasteiger partial charge < -0.3 is 4.42 Å². The van der Waals surface area contributed by atoms with Crippen LogP contribution in [0.4, 0.5) is 4.39 Å². The lowest BCUT2D eigenvalue weighted by molar-refractivity contribution is 0.513. The van der Waals surface area contributed by atoms with Gasteiger partial charge >= 0.3 is 0 Å². The first kappa shape index (κ1) is 14.1. The average Bonchev–Trinajstić information content (AvgIpc) is 3.03.